The van der Waals surface area contributed by atoms with Crippen molar-refractivity contribution in [2.45, 2.75) is 6.54 Å². The fraction of sp³-hybridized carbons (Fsp3) is 0.500. The summed E-state index contributed by atoms with van der Waals surface area (Å²) in [5.41, 5.74) is 0. The minimum absolute atomic E-state index is 0.250. The summed E-state index contributed by atoms with van der Waals surface area (Å²) >= 11 is 4.90. The highest BCUT2D eigenvalue weighted by Crippen LogP contribution is 2.21. The number of amides is 2. The van der Waals surface area contributed by atoms with Crippen molar-refractivity contribution >= 4 is 39.3 Å². The number of methoxy groups -OCH3 is 1. The molecule has 1 heterocycles. The lowest BCUT2D eigenvalue weighted by Crippen LogP contribution is -2.44. The number of hydrogen-bond donors (Lipinski definition) is 1. The first-order valence-electron chi connectivity index (χ1n) is 5.87. The molecule has 0 aromatic carbocycles. The van der Waals surface area contributed by atoms with E-state index in [9.17, 15) is 9.59 Å². The minimum Gasteiger partial charge on any atom is -0.480 e. The van der Waals surface area contributed by atoms with Gasteiger partial charge in [0.25, 0.3) is 0 Å². The normalized spacial score (nSPS) is 10.3. The molecular weight excluding hydrogens is 348 g/mol. The van der Waals surface area contributed by atoms with Crippen LogP contribution in [0.3, 0.4) is 0 Å². The Morgan fingerprint density at radius 1 is 1.50 bits per heavy atom. The summed E-state index contributed by atoms with van der Waals surface area (Å²) in [6.07, 6.45) is 0. The molecule has 1 N–H and O–H groups in total. The molecule has 8 heteroatoms. The van der Waals surface area contributed by atoms with E-state index >= 15 is 0 Å². The van der Waals surface area contributed by atoms with E-state index in [1.54, 1.807) is 7.05 Å². The maximum absolute atomic E-state index is 12.2. The second-order valence-electron chi connectivity index (χ2n) is 4.18. The number of thiophene rings is 1. The van der Waals surface area contributed by atoms with Crippen LogP contribution in [0, 0.1) is 0 Å². The van der Waals surface area contributed by atoms with Gasteiger partial charge in [-0.15, -0.1) is 11.3 Å². The summed E-state index contributed by atoms with van der Waals surface area (Å²) in [6, 6.07) is 1.61. The number of carbonyl (C=O) groups is 2. The number of carboxylic acid groups (broad SMARTS) is 1. The molecule has 1 aromatic heterocycles. The van der Waals surface area contributed by atoms with Crippen LogP contribution in [0.25, 0.3) is 0 Å². The molecule has 20 heavy (non-hydrogen) atoms. The number of halogens is 1. The zero-order valence-corrected chi connectivity index (χ0v) is 13.7. The number of aliphatic carboxylic acids is 1. The second kappa shape index (κ2) is 8.23. The Morgan fingerprint density at radius 2 is 2.20 bits per heavy atom. The number of nitrogens with zero attached hydrogens (tertiary/aromatic N) is 2. The third-order valence-electron chi connectivity index (χ3n) is 2.50. The van der Waals surface area contributed by atoms with E-state index in [4.69, 9.17) is 9.84 Å². The van der Waals surface area contributed by atoms with Crippen molar-refractivity contribution in [1.82, 2.24) is 9.80 Å². The van der Waals surface area contributed by atoms with E-state index in [1.165, 1.54) is 28.2 Å². The first-order chi connectivity index (χ1) is 9.43. The second-order valence-corrected chi connectivity index (χ2v) is 6.09. The molecule has 2 amide bonds. The number of hydrogen-bond acceptors (Lipinski definition) is 4. The lowest BCUT2D eigenvalue weighted by Gasteiger charge is -2.26. The molecule has 0 saturated heterocycles. The monoisotopic (exact) mass is 364 g/mol. The highest BCUT2D eigenvalue weighted by atomic mass is 79.9. The third-order valence-corrected chi connectivity index (χ3v) is 4.19. The molecule has 0 fully saturated rings. The summed E-state index contributed by atoms with van der Waals surface area (Å²) in [4.78, 5) is 26.8. The van der Waals surface area contributed by atoms with E-state index in [0.29, 0.717) is 13.2 Å². The first kappa shape index (κ1) is 16.9. The van der Waals surface area contributed by atoms with Gasteiger partial charge in [-0.25, -0.2) is 4.79 Å². The van der Waals surface area contributed by atoms with Gasteiger partial charge in [-0.1, -0.05) is 0 Å². The van der Waals surface area contributed by atoms with Crippen molar-refractivity contribution < 1.29 is 19.4 Å². The van der Waals surface area contributed by atoms with Crippen molar-refractivity contribution in [3.8, 4) is 0 Å². The molecule has 0 saturated carbocycles. The molecule has 0 atom stereocenters. The van der Waals surface area contributed by atoms with Crippen LogP contribution in [0.15, 0.2) is 15.9 Å². The summed E-state index contributed by atoms with van der Waals surface area (Å²) in [6.45, 7) is 0.663. The van der Waals surface area contributed by atoms with Gasteiger partial charge in [0.2, 0.25) is 0 Å². The fourth-order valence-electron chi connectivity index (χ4n) is 1.59. The Hall–Kier alpha value is -1.12. The zero-order chi connectivity index (χ0) is 15.1. The number of urea groups is 1. The standard InChI is InChI=1S/C12H17BrN2O4S/c1-14(6-10-5-9(13)8-20-10)12(18)15(3-4-19-2)7-11(16)17/h5,8H,3-4,6-7H2,1-2H3,(H,16,17). The highest BCUT2D eigenvalue weighted by Gasteiger charge is 2.20. The average molecular weight is 365 g/mol. The Bertz CT molecular complexity index is 466. The molecule has 112 valence electrons. The van der Waals surface area contributed by atoms with Gasteiger partial charge in [-0.3, -0.25) is 4.79 Å². The predicted octanol–water partition coefficient (Wildman–Crippen LogP) is 2.10. The van der Waals surface area contributed by atoms with Crippen LogP contribution in [0.2, 0.25) is 0 Å². The molecule has 0 aliphatic heterocycles. The summed E-state index contributed by atoms with van der Waals surface area (Å²) in [7, 11) is 3.16. The van der Waals surface area contributed by atoms with Crippen LogP contribution >= 0.6 is 27.3 Å². The van der Waals surface area contributed by atoms with Crippen molar-refractivity contribution in [3.63, 3.8) is 0 Å². The van der Waals surface area contributed by atoms with Gasteiger partial charge in [-0.2, -0.15) is 0 Å². The van der Waals surface area contributed by atoms with E-state index in [1.807, 2.05) is 11.4 Å². The predicted molar refractivity (Wildman–Crippen MR) is 80.0 cm³/mol. The number of ether oxygens (including phenoxy) is 1. The number of carboxylic acids is 1. The van der Waals surface area contributed by atoms with Crippen LogP contribution in [0.5, 0.6) is 0 Å². The Labute approximate surface area is 130 Å². The van der Waals surface area contributed by atoms with Crippen molar-refractivity contribution in [1.29, 1.82) is 0 Å². The lowest BCUT2D eigenvalue weighted by molar-refractivity contribution is -0.137. The molecule has 0 radical (unpaired) electrons. The fourth-order valence-corrected chi connectivity index (χ4v) is 3.09. The third kappa shape index (κ3) is 5.48. The van der Waals surface area contributed by atoms with Crippen LogP contribution in [0.1, 0.15) is 4.88 Å². The van der Waals surface area contributed by atoms with Crippen LogP contribution in [0.4, 0.5) is 4.79 Å². The summed E-state index contributed by atoms with van der Waals surface area (Å²) in [5, 5.41) is 10.8. The van der Waals surface area contributed by atoms with E-state index in [2.05, 4.69) is 15.9 Å². The largest absolute Gasteiger partial charge is 0.480 e. The molecule has 0 spiro atoms. The first-order valence-corrected chi connectivity index (χ1v) is 7.55. The lowest BCUT2D eigenvalue weighted by atomic mass is 10.4. The number of carbonyl (C=O) groups excluding carboxylic acids is 1. The van der Waals surface area contributed by atoms with Gasteiger partial charge in [0.1, 0.15) is 6.54 Å². The molecule has 0 aliphatic carbocycles. The van der Waals surface area contributed by atoms with Crippen LogP contribution < -0.4 is 0 Å². The van der Waals surface area contributed by atoms with Gasteiger partial charge in [0, 0.05) is 35.4 Å². The maximum atomic E-state index is 12.2. The van der Waals surface area contributed by atoms with E-state index in [-0.39, 0.29) is 19.1 Å². The van der Waals surface area contributed by atoms with E-state index < -0.39 is 5.97 Å². The highest BCUT2D eigenvalue weighted by molar-refractivity contribution is 9.10. The molecule has 1 rings (SSSR count). The van der Waals surface area contributed by atoms with Gasteiger partial charge in [0.15, 0.2) is 0 Å². The summed E-state index contributed by atoms with van der Waals surface area (Å²) < 4.78 is 5.87. The van der Waals surface area contributed by atoms with Crippen molar-refractivity contribution in [3.05, 3.63) is 20.8 Å². The quantitative estimate of drug-likeness (QED) is 0.804. The van der Waals surface area contributed by atoms with Crippen LogP contribution in [-0.2, 0) is 16.1 Å². The zero-order valence-electron chi connectivity index (χ0n) is 11.3. The molecule has 6 nitrogen and oxygen atoms in total. The van der Waals surface area contributed by atoms with Gasteiger partial charge in [0.05, 0.1) is 13.2 Å². The topological polar surface area (TPSA) is 70.1 Å². The van der Waals surface area contributed by atoms with Gasteiger partial charge in [-0.05, 0) is 22.0 Å². The van der Waals surface area contributed by atoms with Crippen molar-refractivity contribution in [2.24, 2.45) is 0 Å². The van der Waals surface area contributed by atoms with Crippen molar-refractivity contribution in [2.75, 3.05) is 33.9 Å². The van der Waals surface area contributed by atoms with Gasteiger partial charge < -0.3 is 19.6 Å². The molecule has 0 unspecified atom stereocenters. The summed E-state index contributed by atoms with van der Waals surface area (Å²) in [5.74, 6) is -1.04. The average Bonchev–Trinajstić information content (AvgIpc) is 2.78. The molecule has 1 aromatic rings. The van der Waals surface area contributed by atoms with Crippen LogP contribution in [-0.4, -0.2) is 60.8 Å². The maximum Gasteiger partial charge on any atom is 0.323 e. The molecule has 0 bridgehead atoms. The number of rotatable bonds is 7. The SMILES string of the molecule is COCCN(CC(=O)O)C(=O)N(C)Cc1cc(Br)cs1. The van der Waals surface area contributed by atoms with Gasteiger partial charge >= 0.3 is 12.0 Å². The Balaban J connectivity index is 2.64. The minimum atomic E-state index is -1.04. The smallest absolute Gasteiger partial charge is 0.323 e. The van der Waals surface area contributed by atoms with E-state index in [0.717, 1.165) is 9.35 Å². The Kier molecular flexibility index (Phi) is 6.97. The molecular formula is C12H17BrN2O4S. The Morgan fingerprint density at radius 3 is 2.70 bits per heavy atom. The molecule has 0 aliphatic rings.